The minimum Gasteiger partial charge on any atom is -0.450 e. The van der Waals surface area contributed by atoms with Gasteiger partial charge in [0, 0.05) is 29.2 Å². The molecule has 1 aromatic heterocycles. The van der Waals surface area contributed by atoms with Gasteiger partial charge in [-0.25, -0.2) is 13.6 Å². The average molecular weight is 417 g/mol. The van der Waals surface area contributed by atoms with Crippen LogP contribution in [0.25, 0.3) is 11.0 Å². The van der Waals surface area contributed by atoms with Crippen molar-refractivity contribution < 1.29 is 32.3 Å². The van der Waals surface area contributed by atoms with Crippen molar-refractivity contribution in [3.05, 3.63) is 71.0 Å². The van der Waals surface area contributed by atoms with Gasteiger partial charge in [0.15, 0.2) is 6.61 Å². The van der Waals surface area contributed by atoms with E-state index in [9.17, 15) is 18.4 Å². The fourth-order valence-corrected chi connectivity index (χ4v) is 3.02. The van der Waals surface area contributed by atoms with E-state index in [2.05, 4.69) is 5.32 Å². The van der Waals surface area contributed by atoms with Crippen molar-refractivity contribution in [2.24, 2.45) is 0 Å². The number of rotatable bonds is 8. The molecule has 30 heavy (non-hydrogen) atoms. The van der Waals surface area contributed by atoms with Gasteiger partial charge in [-0.05, 0) is 26.0 Å². The van der Waals surface area contributed by atoms with E-state index in [1.807, 2.05) is 13.0 Å². The van der Waals surface area contributed by atoms with Crippen molar-refractivity contribution in [1.29, 1.82) is 0 Å². The molecule has 0 radical (unpaired) electrons. The van der Waals surface area contributed by atoms with Crippen LogP contribution in [0.1, 0.15) is 41.6 Å². The zero-order valence-electron chi connectivity index (χ0n) is 16.5. The second-order valence-corrected chi connectivity index (χ2v) is 6.57. The molecule has 1 amide bonds. The van der Waals surface area contributed by atoms with Gasteiger partial charge >= 0.3 is 5.97 Å². The Morgan fingerprint density at radius 1 is 1.17 bits per heavy atom. The van der Waals surface area contributed by atoms with Crippen molar-refractivity contribution in [2.75, 3.05) is 13.2 Å². The highest BCUT2D eigenvalue weighted by atomic mass is 19.1. The lowest BCUT2D eigenvalue weighted by Gasteiger charge is -2.15. The van der Waals surface area contributed by atoms with Crippen LogP contribution in [0.15, 0.2) is 46.9 Å². The molecule has 1 N–H and O–H groups in total. The zero-order chi connectivity index (χ0) is 21.7. The predicted molar refractivity (Wildman–Crippen MR) is 105 cm³/mol. The highest BCUT2D eigenvalue weighted by Crippen LogP contribution is 2.27. The average Bonchev–Trinajstić information content (AvgIpc) is 3.09. The van der Waals surface area contributed by atoms with E-state index < -0.39 is 36.2 Å². The Morgan fingerprint density at radius 2 is 1.93 bits per heavy atom. The molecule has 0 saturated carbocycles. The van der Waals surface area contributed by atoms with Gasteiger partial charge in [0.1, 0.15) is 17.2 Å². The SMILES string of the molecule is CCOCc1c(C(=O)OCC(=O)N[C@H](C)c2ccc(F)cc2F)oc2ccccc12. The molecule has 8 heteroatoms. The maximum Gasteiger partial charge on any atom is 0.375 e. The number of halogens is 2. The first-order chi connectivity index (χ1) is 14.4. The lowest BCUT2D eigenvalue weighted by Crippen LogP contribution is -2.31. The first kappa shape index (κ1) is 21.4. The number of ether oxygens (including phenoxy) is 2. The number of fused-ring (bicyclic) bond motifs is 1. The molecule has 3 aromatic rings. The number of carbonyl (C=O) groups is 2. The van der Waals surface area contributed by atoms with Crippen LogP contribution >= 0.6 is 0 Å². The van der Waals surface area contributed by atoms with E-state index in [0.29, 0.717) is 17.8 Å². The summed E-state index contributed by atoms with van der Waals surface area (Å²) in [6, 6.07) is 9.44. The van der Waals surface area contributed by atoms with Crippen LogP contribution < -0.4 is 5.32 Å². The summed E-state index contributed by atoms with van der Waals surface area (Å²) in [5.74, 6) is -2.96. The Balaban J connectivity index is 1.65. The summed E-state index contributed by atoms with van der Waals surface area (Å²) in [4.78, 5) is 24.6. The molecule has 0 saturated heterocycles. The van der Waals surface area contributed by atoms with Crippen molar-refractivity contribution >= 4 is 22.8 Å². The van der Waals surface area contributed by atoms with E-state index in [1.165, 1.54) is 13.0 Å². The van der Waals surface area contributed by atoms with Crippen LogP contribution in [0.2, 0.25) is 0 Å². The van der Waals surface area contributed by atoms with E-state index in [-0.39, 0.29) is 17.9 Å². The van der Waals surface area contributed by atoms with Crippen LogP contribution in [-0.4, -0.2) is 25.1 Å². The monoisotopic (exact) mass is 417 g/mol. The number of amides is 1. The Bertz CT molecular complexity index is 1060. The van der Waals surface area contributed by atoms with Crippen LogP contribution in [0.5, 0.6) is 0 Å². The van der Waals surface area contributed by atoms with Gasteiger partial charge in [0.05, 0.1) is 12.6 Å². The van der Waals surface area contributed by atoms with Gasteiger partial charge in [-0.3, -0.25) is 4.79 Å². The highest BCUT2D eigenvalue weighted by molar-refractivity contribution is 5.96. The van der Waals surface area contributed by atoms with Gasteiger partial charge in [-0.15, -0.1) is 0 Å². The summed E-state index contributed by atoms with van der Waals surface area (Å²) < 4.78 is 42.9. The Morgan fingerprint density at radius 3 is 2.67 bits per heavy atom. The maximum atomic E-state index is 13.8. The van der Waals surface area contributed by atoms with E-state index in [4.69, 9.17) is 13.9 Å². The summed E-state index contributed by atoms with van der Waals surface area (Å²) >= 11 is 0. The van der Waals surface area contributed by atoms with Gasteiger partial charge < -0.3 is 19.2 Å². The topological polar surface area (TPSA) is 77.8 Å². The van der Waals surface area contributed by atoms with Crippen LogP contribution in [0, 0.1) is 11.6 Å². The van der Waals surface area contributed by atoms with Gasteiger partial charge in [-0.1, -0.05) is 24.3 Å². The molecule has 0 unspecified atom stereocenters. The quantitative estimate of drug-likeness (QED) is 0.554. The predicted octanol–water partition coefficient (Wildman–Crippen LogP) is 4.28. The van der Waals surface area contributed by atoms with E-state index in [1.54, 1.807) is 18.2 Å². The molecular formula is C22H21F2NO5. The smallest absolute Gasteiger partial charge is 0.375 e. The number of nitrogens with one attached hydrogen (secondary N) is 1. The standard InChI is InChI=1S/C22H21F2NO5/c1-3-28-11-17-16-6-4-5-7-19(16)30-21(17)22(27)29-12-20(26)25-13(2)15-9-8-14(23)10-18(15)24/h4-10,13H,3,11-12H2,1-2H3,(H,25,26)/t13-/m1/s1. The molecule has 0 aliphatic carbocycles. The fourth-order valence-electron chi connectivity index (χ4n) is 3.02. The van der Waals surface area contributed by atoms with Crippen molar-refractivity contribution in [1.82, 2.24) is 5.32 Å². The van der Waals surface area contributed by atoms with E-state index in [0.717, 1.165) is 17.5 Å². The van der Waals surface area contributed by atoms with Crippen molar-refractivity contribution in [3.63, 3.8) is 0 Å². The fraction of sp³-hybridized carbons (Fsp3) is 0.273. The van der Waals surface area contributed by atoms with Gasteiger partial charge in [-0.2, -0.15) is 0 Å². The molecule has 3 rings (SSSR count). The Hall–Kier alpha value is -3.26. The molecule has 6 nitrogen and oxygen atoms in total. The largest absolute Gasteiger partial charge is 0.450 e. The lowest BCUT2D eigenvalue weighted by molar-refractivity contribution is -0.124. The minimum atomic E-state index is -0.809. The molecule has 0 fully saturated rings. The van der Waals surface area contributed by atoms with Crippen LogP contribution in [0.3, 0.4) is 0 Å². The summed E-state index contributed by atoms with van der Waals surface area (Å²) in [6.07, 6.45) is 0. The van der Waals surface area contributed by atoms with Crippen LogP contribution in [0.4, 0.5) is 8.78 Å². The van der Waals surface area contributed by atoms with Gasteiger partial charge in [0.25, 0.3) is 5.91 Å². The number of benzene rings is 2. The first-order valence-corrected chi connectivity index (χ1v) is 9.40. The maximum absolute atomic E-state index is 13.8. The number of esters is 1. The molecule has 0 spiro atoms. The van der Waals surface area contributed by atoms with Gasteiger partial charge in [0.2, 0.25) is 5.76 Å². The molecular weight excluding hydrogens is 396 g/mol. The lowest BCUT2D eigenvalue weighted by atomic mass is 10.1. The number of hydrogen-bond donors (Lipinski definition) is 1. The molecule has 0 aliphatic heterocycles. The van der Waals surface area contributed by atoms with Crippen LogP contribution in [-0.2, 0) is 20.9 Å². The van der Waals surface area contributed by atoms with E-state index >= 15 is 0 Å². The molecule has 0 bridgehead atoms. The van der Waals surface area contributed by atoms with Crippen molar-refractivity contribution in [3.8, 4) is 0 Å². The molecule has 0 aliphatic rings. The third-order valence-corrected chi connectivity index (χ3v) is 4.48. The number of hydrogen-bond acceptors (Lipinski definition) is 5. The van der Waals surface area contributed by atoms with Crippen molar-refractivity contribution in [2.45, 2.75) is 26.5 Å². The second-order valence-electron chi connectivity index (χ2n) is 6.57. The highest BCUT2D eigenvalue weighted by Gasteiger charge is 2.23. The third-order valence-electron chi connectivity index (χ3n) is 4.48. The molecule has 1 atom stereocenters. The number of furan rings is 1. The summed E-state index contributed by atoms with van der Waals surface area (Å²) in [6.45, 7) is 3.39. The molecule has 158 valence electrons. The molecule has 1 heterocycles. The normalized spacial score (nSPS) is 12.0. The Kier molecular flexibility index (Phi) is 6.79. The summed E-state index contributed by atoms with van der Waals surface area (Å²) in [5, 5.41) is 3.23. The second kappa shape index (κ2) is 9.49. The number of para-hydroxylation sites is 1. The third kappa shape index (κ3) is 4.83. The summed E-state index contributed by atoms with van der Waals surface area (Å²) in [5.41, 5.74) is 1.16. The first-order valence-electron chi connectivity index (χ1n) is 9.40. The minimum absolute atomic E-state index is 0.0323. The molecule has 2 aromatic carbocycles. The Labute approximate surface area is 171 Å². The zero-order valence-corrected chi connectivity index (χ0v) is 16.5. The number of carbonyl (C=O) groups excluding carboxylic acids is 2. The summed E-state index contributed by atoms with van der Waals surface area (Å²) in [7, 11) is 0.